The molecule has 0 aromatic carbocycles. The molecule has 3 fully saturated rings. The molecule has 0 amide bonds. The van der Waals surface area contributed by atoms with Crippen molar-refractivity contribution in [2.75, 3.05) is 7.05 Å². The van der Waals surface area contributed by atoms with E-state index < -0.39 is 0 Å². The summed E-state index contributed by atoms with van der Waals surface area (Å²) in [6.45, 7) is 9.84. The minimum atomic E-state index is 0.504. The van der Waals surface area contributed by atoms with Gasteiger partial charge in [-0.25, -0.2) is 0 Å². The van der Waals surface area contributed by atoms with Gasteiger partial charge in [-0.15, -0.1) is 0 Å². The van der Waals surface area contributed by atoms with E-state index in [0.717, 1.165) is 24.2 Å². The second kappa shape index (κ2) is 4.98. The Kier molecular flexibility index (Phi) is 3.70. The lowest BCUT2D eigenvalue weighted by molar-refractivity contribution is 0.0677. The number of piperidine rings is 1. The Balaban J connectivity index is 1.61. The first-order valence-electron chi connectivity index (χ1n) is 8.72. The average Bonchev–Trinajstić information content (AvgIpc) is 2.50. The fourth-order valence-corrected chi connectivity index (χ4v) is 5.84. The van der Waals surface area contributed by atoms with Crippen molar-refractivity contribution in [1.29, 1.82) is 0 Å². The van der Waals surface area contributed by atoms with Crippen LogP contribution in [0.25, 0.3) is 0 Å². The van der Waals surface area contributed by atoms with Crippen LogP contribution in [0.5, 0.6) is 0 Å². The van der Waals surface area contributed by atoms with Crippen molar-refractivity contribution >= 4 is 0 Å². The third kappa shape index (κ3) is 3.06. The summed E-state index contributed by atoms with van der Waals surface area (Å²) >= 11 is 0. The van der Waals surface area contributed by atoms with E-state index in [1.54, 1.807) is 0 Å². The van der Waals surface area contributed by atoms with Crippen molar-refractivity contribution in [2.45, 2.75) is 96.8 Å². The number of fused-ring (bicyclic) bond motifs is 2. The molecule has 3 aliphatic rings. The molecule has 0 aromatic heterocycles. The highest BCUT2D eigenvalue weighted by Crippen LogP contribution is 2.46. The van der Waals surface area contributed by atoms with Gasteiger partial charge in [0.05, 0.1) is 0 Å². The summed E-state index contributed by atoms with van der Waals surface area (Å²) < 4.78 is 0. The fourth-order valence-electron chi connectivity index (χ4n) is 5.84. The molecule has 2 heterocycles. The molecule has 1 N–H and O–H groups in total. The van der Waals surface area contributed by atoms with Gasteiger partial charge in [-0.3, -0.25) is 0 Å². The Morgan fingerprint density at radius 2 is 1.35 bits per heavy atom. The Hall–Kier alpha value is -0.0800. The van der Waals surface area contributed by atoms with Crippen molar-refractivity contribution in [3.8, 4) is 0 Å². The average molecular weight is 278 g/mol. The summed E-state index contributed by atoms with van der Waals surface area (Å²) in [5.74, 6) is 0. The minimum absolute atomic E-state index is 0.504. The number of hydrogen-bond donors (Lipinski definition) is 1. The predicted octanol–water partition coefficient (Wildman–Crippen LogP) is 3.81. The monoisotopic (exact) mass is 278 g/mol. The highest BCUT2D eigenvalue weighted by Gasteiger charge is 2.42. The summed E-state index contributed by atoms with van der Waals surface area (Å²) in [6, 6.07) is 3.23. The van der Waals surface area contributed by atoms with Gasteiger partial charge in [-0.1, -0.05) is 27.7 Å². The molecule has 2 nitrogen and oxygen atoms in total. The van der Waals surface area contributed by atoms with Crippen LogP contribution in [-0.2, 0) is 0 Å². The second-order valence-corrected chi connectivity index (χ2v) is 9.50. The van der Waals surface area contributed by atoms with Gasteiger partial charge < -0.3 is 10.2 Å². The molecule has 2 atom stereocenters. The maximum atomic E-state index is 4.06. The summed E-state index contributed by atoms with van der Waals surface area (Å²) in [4.78, 5) is 2.65. The summed E-state index contributed by atoms with van der Waals surface area (Å²) in [6.07, 6.45) is 9.71. The van der Waals surface area contributed by atoms with Crippen LogP contribution < -0.4 is 5.32 Å². The Morgan fingerprint density at radius 1 is 0.850 bits per heavy atom. The van der Waals surface area contributed by atoms with Crippen molar-refractivity contribution in [3.63, 3.8) is 0 Å². The molecule has 0 spiro atoms. The highest BCUT2D eigenvalue weighted by molar-refractivity contribution is 4.99. The van der Waals surface area contributed by atoms with Gasteiger partial charge in [-0.2, -0.15) is 0 Å². The lowest BCUT2D eigenvalue weighted by Crippen LogP contribution is -2.52. The molecule has 116 valence electrons. The third-order valence-corrected chi connectivity index (χ3v) is 6.12. The van der Waals surface area contributed by atoms with E-state index >= 15 is 0 Å². The molecular formula is C18H34N2. The summed E-state index contributed by atoms with van der Waals surface area (Å²) in [5.41, 5.74) is 1.01. The zero-order chi connectivity index (χ0) is 14.5. The first-order chi connectivity index (χ1) is 9.24. The number of nitrogens with zero attached hydrogens (tertiary/aromatic N) is 1. The quantitative estimate of drug-likeness (QED) is 0.826. The smallest absolute Gasteiger partial charge is 0.0111 e. The van der Waals surface area contributed by atoms with Gasteiger partial charge in [0.1, 0.15) is 0 Å². The van der Waals surface area contributed by atoms with Gasteiger partial charge in [0.15, 0.2) is 0 Å². The number of nitrogens with one attached hydrogen (secondary N) is 1. The van der Waals surface area contributed by atoms with Gasteiger partial charge in [0.25, 0.3) is 0 Å². The van der Waals surface area contributed by atoms with Crippen LogP contribution in [0.1, 0.15) is 72.6 Å². The van der Waals surface area contributed by atoms with E-state index in [-0.39, 0.29) is 0 Å². The molecule has 1 saturated carbocycles. The molecule has 2 saturated heterocycles. The lowest BCUT2D eigenvalue weighted by atomic mass is 9.63. The molecule has 0 radical (unpaired) electrons. The van der Waals surface area contributed by atoms with Crippen LogP contribution in [0.4, 0.5) is 0 Å². The lowest BCUT2D eigenvalue weighted by Gasteiger charge is -2.47. The van der Waals surface area contributed by atoms with Gasteiger partial charge in [-0.05, 0) is 62.8 Å². The summed E-state index contributed by atoms with van der Waals surface area (Å²) in [7, 11) is 2.34. The molecule has 3 rings (SSSR count). The standard InChI is InChI=1S/C18H34N2/c1-17(2)10-14(11-18(3,4)12-17)19-13-8-15-6-7-16(9-13)20(15)5/h13-16,19H,6-12H2,1-5H3. The first kappa shape index (κ1) is 14.8. The number of rotatable bonds is 2. The number of hydrogen-bond acceptors (Lipinski definition) is 2. The van der Waals surface area contributed by atoms with Crippen LogP contribution in [0.3, 0.4) is 0 Å². The maximum absolute atomic E-state index is 4.06. The molecule has 2 unspecified atom stereocenters. The first-order valence-corrected chi connectivity index (χ1v) is 8.72. The zero-order valence-electron chi connectivity index (χ0n) is 14.2. The van der Waals surface area contributed by atoms with Gasteiger partial charge >= 0.3 is 0 Å². The fraction of sp³-hybridized carbons (Fsp3) is 1.00. The third-order valence-electron chi connectivity index (χ3n) is 6.12. The van der Waals surface area contributed by atoms with Crippen LogP contribution in [0.2, 0.25) is 0 Å². The molecule has 0 aromatic rings. The van der Waals surface area contributed by atoms with Crippen molar-refractivity contribution < 1.29 is 0 Å². The van der Waals surface area contributed by atoms with E-state index in [9.17, 15) is 0 Å². The Bertz CT molecular complexity index is 330. The van der Waals surface area contributed by atoms with E-state index in [1.807, 2.05) is 0 Å². The van der Waals surface area contributed by atoms with Crippen LogP contribution in [0.15, 0.2) is 0 Å². The molecule has 2 heteroatoms. The van der Waals surface area contributed by atoms with E-state index in [0.29, 0.717) is 10.8 Å². The molecule has 2 aliphatic heterocycles. The molecular weight excluding hydrogens is 244 g/mol. The van der Waals surface area contributed by atoms with Crippen molar-refractivity contribution in [3.05, 3.63) is 0 Å². The molecule has 2 bridgehead atoms. The highest BCUT2D eigenvalue weighted by atomic mass is 15.2. The van der Waals surface area contributed by atoms with Crippen molar-refractivity contribution in [1.82, 2.24) is 10.2 Å². The topological polar surface area (TPSA) is 15.3 Å². The second-order valence-electron chi connectivity index (χ2n) is 9.50. The van der Waals surface area contributed by atoms with E-state index in [4.69, 9.17) is 0 Å². The molecule has 1 aliphatic carbocycles. The Morgan fingerprint density at radius 3 is 1.85 bits per heavy atom. The van der Waals surface area contributed by atoms with Crippen molar-refractivity contribution in [2.24, 2.45) is 10.8 Å². The van der Waals surface area contributed by atoms with Crippen LogP contribution in [-0.4, -0.2) is 36.1 Å². The minimum Gasteiger partial charge on any atom is -0.311 e. The van der Waals surface area contributed by atoms with Crippen LogP contribution >= 0.6 is 0 Å². The maximum Gasteiger partial charge on any atom is 0.0111 e. The van der Waals surface area contributed by atoms with Gasteiger partial charge in [0.2, 0.25) is 0 Å². The largest absolute Gasteiger partial charge is 0.311 e. The molecule has 20 heavy (non-hydrogen) atoms. The SMILES string of the molecule is CN1C2CCC1CC(NC1CC(C)(C)CC(C)(C)C1)C2. The Labute approximate surface area is 125 Å². The van der Waals surface area contributed by atoms with Gasteiger partial charge in [0, 0.05) is 24.2 Å². The summed E-state index contributed by atoms with van der Waals surface area (Å²) in [5, 5.41) is 4.06. The van der Waals surface area contributed by atoms with E-state index in [2.05, 4.69) is 45.0 Å². The van der Waals surface area contributed by atoms with Crippen LogP contribution in [0, 0.1) is 10.8 Å². The van der Waals surface area contributed by atoms with E-state index in [1.165, 1.54) is 44.9 Å². The normalized spacial score (nSPS) is 41.0. The predicted molar refractivity (Wildman–Crippen MR) is 85.9 cm³/mol. The zero-order valence-corrected chi connectivity index (χ0v) is 14.2.